The van der Waals surface area contributed by atoms with Crippen LogP contribution >= 0.6 is 0 Å². The second-order valence-corrected chi connectivity index (χ2v) is 6.10. The summed E-state index contributed by atoms with van der Waals surface area (Å²) in [5.74, 6) is 2.55. The summed E-state index contributed by atoms with van der Waals surface area (Å²) >= 11 is 0. The third-order valence-electron chi connectivity index (χ3n) is 4.27. The highest BCUT2D eigenvalue weighted by atomic mass is 16.5. The average molecular weight is 311 g/mol. The number of hydrogen-bond acceptors (Lipinski definition) is 3. The van der Waals surface area contributed by atoms with Gasteiger partial charge < -0.3 is 14.8 Å². The number of piperidine rings is 1. The van der Waals surface area contributed by atoms with Crippen LogP contribution in [-0.4, -0.2) is 19.7 Å². The van der Waals surface area contributed by atoms with Gasteiger partial charge in [-0.25, -0.2) is 0 Å². The van der Waals surface area contributed by atoms with E-state index in [1.165, 1.54) is 24.9 Å². The van der Waals surface area contributed by atoms with Crippen molar-refractivity contribution in [2.24, 2.45) is 5.92 Å². The number of hydrogen-bond donors (Lipinski definition) is 1. The normalized spacial score (nSPS) is 17.7. The first kappa shape index (κ1) is 15.9. The molecule has 0 unspecified atom stereocenters. The fourth-order valence-electron chi connectivity index (χ4n) is 2.89. The van der Waals surface area contributed by atoms with E-state index in [1.807, 2.05) is 42.5 Å². The summed E-state index contributed by atoms with van der Waals surface area (Å²) in [5.41, 5.74) is 1.17. The van der Waals surface area contributed by atoms with Crippen molar-refractivity contribution in [3.8, 4) is 11.5 Å². The van der Waals surface area contributed by atoms with Crippen LogP contribution in [0.25, 0.3) is 0 Å². The minimum Gasteiger partial charge on any atom is -0.494 e. The minimum absolute atomic E-state index is 0.593. The van der Waals surface area contributed by atoms with Gasteiger partial charge in [0.15, 0.2) is 0 Å². The Morgan fingerprint density at radius 3 is 2.35 bits per heavy atom. The van der Waals surface area contributed by atoms with E-state index in [0.29, 0.717) is 6.61 Å². The lowest BCUT2D eigenvalue weighted by Gasteiger charge is -2.22. The van der Waals surface area contributed by atoms with Crippen LogP contribution in [0.4, 0.5) is 0 Å². The van der Waals surface area contributed by atoms with Crippen LogP contribution in [0.15, 0.2) is 54.6 Å². The SMILES string of the molecule is c1ccc(COc2ccc(OCC[C@H]3CCCNC3)cc2)cc1. The highest BCUT2D eigenvalue weighted by Gasteiger charge is 2.12. The van der Waals surface area contributed by atoms with Gasteiger partial charge in [0.1, 0.15) is 18.1 Å². The van der Waals surface area contributed by atoms with Gasteiger partial charge in [0.2, 0.25) is 0 Å². The number of ether oxygens (including phenoxy) is 2. The molecule has 0 saturated carbocycles. The van der Waals surface area contributed by atoms with Crippen molar-refractivity contribution in [3.63, 3.8) is 0 Å². The molecule has 1 aliphatic rings. The molecule has 1 fully saturated rings. The van der Waals surface area contributed by atoms with E-state index in [2.05, 4.69) is 17.4 Å². The average Bonchev–Trinajstić information content (AvgIpc) is 2.63. The van der Waals surface area contributed by atoms with Crippen LogP contribution in [0.5, 0.6) is 11.5 Å². The molecular weight excluding hydrogens is 286 g/mol. The van der Waals surface area contributed by atoms with E-state index in [4.69, 9.17) is 9.47 Å². The second-order valence-electron chi connectivity index (χ2n) is 6.10. The zero-order chi connectivity index (χ0) is 15.7. The summed E-state index contributed by atoms with van der Waals surface area (Å²) in [6.45, 7) is 3.68. The number of benzene rings is 2. The van der Waals surface area contributed by atoms with Crippen molar-refractivity contribution < 1.29 is 9.47 Å². The van der Waals surface area contributed by atoms with Crippen LogP contribution in [0.3, 0.4) is 0 Å². The first-order valence-corrected chi connectivity index (χ1v) is 8.50. The first-order valence-electron chi connectivity index (χ1n) is 8.50. The summed E-state index contributed by atoms with van der Waals surface area (Å²) < 4.78 is 11.6. The molecule has 1 aliphatic heterocycles. The molecule has 122 valence electrons. The zero-order valence-corrected chi connectivity index (χ0v) is 13.5. The Morgan fingerprint density at radius 1 is 0.913 bits per heavy atom. The summed E-state index contributed by atoms with van der Waals surface area (Å²) in [6, 6.07) is 18.1. The van der Waals surface area contributed by atoms with E-state index >= 15 is 0 Å². The maximum Gasteiger partial charge on any atom is 0.120 e. The van der Waals surface area contributed by atoms with Gasteiger partial charge in [0, 0.05) is 0 Å². The van der Waals surface area contributed by atoms with Gasteiger partial charge in [-0.05, 0) is 68.1 Å². The van der Waals surface area contributed by atoms with Crippen molar-refractivity contribution >= 4 is 0 Å². The number of rotatable bonds is 7. The monoisotopic (exact) mass is 311 g/mol. The first-order chi connectivity index (χ1) is 11.4. The molecule has 1 N–H and O–H groups in total. The summed E-state index contributed by atoms with van der Waals surface area (Å²) in [6.07, 6.45) is 3.74. The van der Waals surface area contributed by atoms with Gasteiger partial charge in [-0.2, -0.15) is 0 Å². The largest absolute Gasteiger partial charge is 0.494 e. The molecular formula is C20H25NO2. The Balaban J connectivity index is 1.40. The van der Waals surface area contributed by atoms with Crippen LogP contribution in [0.1, 0.15) is 24.8 Å². The Labute approximate surface area is 138 Å². The molecule has 0 radical (unpaired) electrons. The topological polar surface area (TPSA) is 30.5 Å². The fourth-order valence-corrected chi connectivity index (χ4v) is 2.89. The lowest BCUT2D eigenvalue weighted by Crippen LogP contribution is -2.30. The maximum atomic E-state index is 5.84. The van der Waals surface area contributed by atoms with E-state index in [0.717, 1.165) is 37.0 Å². The maximum absolute atomic E-state index is 5.84. The van der Waals surface area contributed by atoms with Crippen LogP contribution in [0, 0.1) is 5.92 Å². The Morgan fingerprint density at radius 2 is 1.65 bits per heavy atom. The van der Waals surface area contributed by atoms with Crippen molar-refractivity contribution in [2.75, 3.05) is 19.7 Å². The third-order valence-corrected chi connectivity index (χ3v) is 4.27. The Bertz CT molecular complexity index is 562. The summed E-state index contributed by atoms with van der Waals surface area (Å²) in [5, 5.41) is 3.45. The molecule has 1 heterocycles. The van der Waals surface area contributed by atoms with E-state index < -0.39 is 0 Å². The van der Waals surface area contributed by atoms with Gasteiger partial charge in [-0.3, -0.25) is 0 Å². The highest BCUT2D eigenvalue weighted by Crippen LogP contribution is 2.20. The van der Waals surface area contributed by atoms with E-state index in [1.54, 1.807) is 0 Å². The molecule has 0 aliphatic carbocycles. The molecule has 23 heavy (non-hydrogen) atoms. The zero-order valence-electron chi connectivity index (χ0n) is 13.5. The molecule has 1 saturated heterocycles. The molecule has 2 aromatic rings. The molecule has 3 heteroatoms. The highest BCUT2D eigenvalue weighted by molar-refractivity contribution is 5.31. The quantitative estimate of drug-likeness (QED) is 0.837. The predicted molar refractivity (Wildman–Crippen MR) is 92.9 cm³/mol. The van der Waals surface area contributed by atoms with Crippen molar-refractivity contribution in [1.29, 1.82) is 0 Å². The lowest BCUT2D eigenvalue weighted by molar-refractivity contribution is 0.253. The predicted octanol–water partition coefficient (Wildman–Crippen LogP) is 4.03. The molecule has 0 amide bonds. The second kappa shape index (κ2) is 8.59. The van der Waals surface area contributed by atoms with E-state index in [9.17, 15) is 0 Å². The molecule has 0 bridgehead atoms. The van der Waals surface area contributed by atoms with Gasteiger partial charge in [-0.15, -0.1) is 0 Å². The molecule has 3 nitrogen and oxygen atoms in total. The van der Waals surface area contributed by atoms with Crippen LogP contribution < -0.4 is 14.8 Å². The molecule has 3 rings (SSSR count). The smallest absolute Gasteiger partial charge is 0.120 e. The molecule has 2 aromatic carbocycles. The molecule has 0 spiro atoms. The lowest BCUT2D eigenvalue weighted by atomic mass is 9.97. The standard InChI is InChI=1S/C20H25NO2/c1-2-5-18(6-3-1)16-23-20-10-8-19(9-11-20)22-14-12-17-7-4-13-21-15-17/h1-3,5-6,8-11,17,21H,4,7,12-16H2/t17-/m1/s1. The van der Waals surface area contributed by atoms with Gasteiger partial charge in [0.25, 0.3) is 0 Å². The summed E-state index contributed by atoms with van der Waals surface area (Å²) in [7, 11) is 0. The molecule has 0 aromatic heterocycles. The summed E-state index contributed by atoms with van der Waals surface area (Å²) in [4.78, 5) is 0. The van der Waals surface area contributed by atoms with Gasteiger partial charge >= 0.3 is 0 Å². The van der Waals surface area contributed by atoms with Crippen molar-refractivity contribution in [2.45, 2.75) is 25.9 Å². The number of nitrogens with one attached hydrogen (secondary N) is 1. The molecule has 1 atom stereocenters. The van der Waals surface area contributed by atoms with Crippen LogP contribution in [-0.2, 0) is 6.61 Å². The van der Waals surface area contributed by atoms with Gasteiger partial charge in [0.05, 0.1) is 6.61 Å². The van der Waals surface area contributed by atoms with Crippen LogP contribution in [0.2, 0.25) is 0 Å². The third kappa shape index (κ3) is 5.29. The fraction of sp³-hybridized carbons (Fsp3) is 0.400. The van der Waals surface area contributed by atoms with Crippen molar-refractivity contribution in [1.82, 2.24) is 5.32 Å². The van der Waals surface area contributed by atoms with Gasteiger partial charge in [-0.1, -0.05) is 30.3 Å². The van der Waals surface area contributed by atoms with Crippen molar-refractivity contribution in [3.05, 3.63) is 60.2 Å². The Kier molecular flexibility index (Phi) is 5.93. The minimum atomic E-state index is 0.593. The van der Waals surface area contributed by atoms with E-state index in [-0.39, 0.29) is 0 Å². The Hall–Kier alpha value is -2.00.